The summed E-state index contributed by atoms with van der Waals surface area (Å²) in [6.45, 7) is 6.95. The molecule has 170 valence electrons. The van der Waals surface area contributed by atoms with Crippen molar-refractivity contribution >= 4 is 11.9 Å². The van der Waals surface area contributed by atoms with Gasteiger partial charge >= 0.3 is 5.97 Å². The number of aromatic nitrogens is 2. The van der Waals surface area contributed by atoms with Crippen LogP contribution in [0.25, 0.3) is 0 Å². The predicted molar refractivity (Wildman–Crippen MR) is 116 cm³/mol. The number of pyridine rings is 2. The van der Waals surface area contributed by atoms with E-state index in [1.807, 2.05) is 32.0 Å². The highest BCUT2D eigenvalue weighted by Gasteiger charge is 2.54. The van der Waals surface area contributed by atoms with Gasteiger partial charge in [-0.1, -0.05) is 6.07 Å². The first-order chi connectivity index (χ1) is 15.4. The number of hydrogen-bond donors (Lipinski definition) is 0. The number of carbonyl (C=O) groups is 2. The summed E-state index contributed by atoms with van der Waals surface area (Å²) < 4.78 is 19.1. The van der Waals surface area contributed by atoms with Crippen LogP contribution in [0.5, 0.6) is 0 Å². The van der Waals surface area contributed by atoms with E-state index >= 15 is 0 Å². The molecule has 0 aromatic carbocycles. The number of halogens is 1. The van der Waals surface area contributed by atoms with Gasteiger partial charge in [0.25, 0.3) is 5.91 Å². The molecule has 1 amide bonds. The molecule has 4 rings (SSSR count). The standard InChI is InChI=1S/C24H29FN4O3/c1-3-32-23(31)24-9-5-11-29(22(30)18-8-10-26-21(25)12-18)14-19(24)13-28(16-24)15-20-7-4-6-17(2)27-20/h4,6-8,10,12,19H,3,5,9,11,13-16H2,1-2H3/t19-,24+/m1/s1. The van der Waals surface area contributed by atoms with Gasteiger partial charge in [-0.2, -0.15) is 4.39 Å². The van der Waals surface area contributed by atoms with E-state index in [-0.39, 0.29) is 23.4 Å². The average Bonchev–Trinajstić information content (AvgIpc) is 3.00. The van der Waals surface area contributed by atoms with Crippen molar-refractivity contribution < 1.29 is 18.7 Å². The zero-order valence-corrected chi connectivity index (χ0v) is 18.6. The number of fused-ring (bicyclic) bond motifs is 1. The number of aryl methyl sites for hydroxylation is 1. The topological polar surface area (TPSA) is 75.6 Å². The van der Waals surface area contributed by atoms with Crippen molar-refractivity contribution in [3.63, 3.8) is 0 Å². The van der Waals surface area contributed by atoms with Crippen LogP contribution in [0, 0.1) is 24.2 Å². The van der Waals surface area contributed by atoms with Crippen molar-refractivity contribution in [2.45, 2.75) is 33.2 Å². The molecule has 2 aliphatic heterocycles. The van der Waals surface area contributed by atoms with E-state index in [1.165, 1.54) is 12.3 Å². The van der Waals surface area contributed by atoms with Crippen LogP contribution in [-0.2, 0) is 16.1 Å². The second-order valence-electron chi connectivity index (χ2n) is 8.74. The van der Waals surface area contributed by atoms with E-state index in [1.54, 1.807) is 4.90 Å². The number of nitrogens with zero attached hydrogens (tertiary/aromatic N) is 4. The van der Waals surface area contributed by atoms with Crippen LogP contribution in [0.2, 0.25) is 0 Å². The molecule has 0 N–H and O–H groups in total. The number of ether oxygens (including phenoxy) is 1. The predicted octanol–water partition coefficient (Wildman–Crippen LogP) is 2.84. The smallest absolute Gasteiger partial charge is 0.313 e. The highest BCUT2D eigenvalue weighted by molar-refractivity contribution is 5.94. The van der Waals surface area contributed by atoms with Crippen molar-refractivity contribution in [3.8, 4) is 0 Å². The maximum absolute atomic E-state index is 13.6. The lowest BCUT2D eigenvalue weighted by Crippen LogP contribution is -2.43. The minimum absolute atomic E-state index is 0.0653. The molecule has 0 bridgehead atoms. The quantitative estimate of drug-likeness (QED) is 0.526. The summed E-state index contributed by atoms with van der Waals surface area (Å²) in [4.78, 5) is 38.4. The molecule has 8 heteroatoms. The molecule has 4 heterocycles. The molecule has 2 aliphatic rings. The minimum Gasteiger partial charge on any atom is -0.466 e. The molecule has 32 heavy (non-hydrogen) atoms. The number of carbonyl (C=O) groups excluding carboxylic acids is 2. The van der Waals surface area contributed by atoms with Crippen molar-refractivity contribution in [1.82, 2.24) is 19.8 Å². The summed E-state index contributed by atoms with van der Waals surface area (Å²) in [5, 5.41) is 0. The van der Waals surface area contributed by atoms with Gasteiger partial charge in [0.05, 0.1) is 17.7 Å². The lowest BCUT2D eigenvalue weighted by atomic mass is 9.75. The Morgan fingerprint density at radius 1 is 1.28 bits per heavy atom. The van der Waals surface area contributed by atoms with E-state index in [0.29, 0.717) is 52.2 Å². The molecular weight excluding hydrogens is 411 g/mol. The molecule has 0 aliphatic carbocycles. The second kappa shape index (κ2) is 9.32. The fourth-order valence-electron chi connectivity index (χ4n) is 5.09. The number of esters is 1. The number of amides is 1. The Balaban J connectivity index is 1.57. The molecule has 2 aromatic rings. The van der Waals surface area contributed by atoms with Crippen molar-refractivity contribution in [2.75, 3.05) is 32.8 Å². The highest BCUT2D eigenvalue weighted by atomic mass is 19.1. The first-order valence-corrected chi connectivity index (χ1v) is 11.1. The van der Waals surface area contributed by atoms with Gasteiger partial charge in [0, 0.05) is 62.2 Å². The fourth-order valence-corrected chi connectivity index (χ4v) is 5.09. The van der Waals surface area contributed by atoms with Crippen molar-refractivity contribution in [2.24, 2.45) is 11.3 Å². The van der Waals surface area contributed by atoms with Crippen LogP contribution >= 0.6 is 0 Å². The Bertz CT molecular complexity index is 1000. The van der Waals surface area contributed by atoms with E-state index < -0.39 is 11.4 Å². The van der Waals surface area contributed by atoms with Gasteiger partial charge in [-0.25, -0.2) is 4.98 Å². The summed E-state index contributed by atoms with van der Waals surface area (Å²) in [5.41, 5.74) is 1.54. The molecule has 0 radical (unpaired) electrons. The third-order valence-corrected chi connectivity index (χ3v) is 6.53. The van der Waals surface area contributed by atoms with Crippen LogP contribution in [0.15, 0.2) is 36.5 Å². The molecule has 7 nitrogen and oxygen atoms in total. The molecule has 2 atom stereocenters. The number of hydrogen-bond acceptors (Lipinski definition) is 6. The van der Waals surface area contributed by atoms with Gasteiger partial charge in [-0.3, -0.25) is 19.5 Å². The maximum atomic E-state index is 13.6. The van der Waals surface area contributed by atoms with Gasteiger partial charge in [-0.05, 0) is 44.9 Å². The zero-order chi connectivity index (χ0) is 22.7. The summed E-state index contributed by atoms with van der Waals surface area (Å²) in [7, 11) is 0. The van der Waals surface area contributed by atoms with E-state index in [2.05, 4.69) is 14.9 Å². The molecule has 0 saturated carbocycles. The normalized spacial score (nSPS) is 23.5. The van der Waals surface area contributed by atoms with Crippen LogP contribution in [0.4, 0.5) is 4.39 Å². The van der Waals surface area contributed by atoms with E-state index in [4.69, 9.17) is 4.74 Å². The summed E-state index contributed by atoms with van der Waals surface area (Å²) >= 11 is 0. The van der Waals surface area contributed by atoms with Crippen LogP contribution in [0.1, 0.15) is 41.5 Å². The average molecular weight is 441 g/mol. The third-order valence-electron chi connectivity index (χ3n) is 6.53. The third kappa shape index (κ3) is 4.50. The molecule has 2 aromatic heterocycles. The Hall–Kier alpha value is -2.87. The highest BCUT2D eigenvalue weighted by Crippen LogP contribution is 2.44. The molecular formula is C24H29FN4O3. The summed E-state index contributed by atoms with van der Waals surface area (Å²) in [5.74, 6) is -1.16. The lowest BCUT2D eigenvalue weighted by molar-refractivity contribution is -0.157. The first kappa shape index (κ1) is 22.3. The van der Waals surface area contributed by atoms with Gasteiger partial charge < -0.3 is 9.64 Å². The second-order valence-corrected chi connectivity index (χ2v) is 8.74. The van der Waals surface area contributed by atoms with Crippen LogP contribution in [-0.4, -0.2) is 64.4 Å². The molecule has 2 saturated heterocycles. The Morgan fingerprint density at radius 3 is 2.88 bits per heavy atom. The largest absolute Gasteiger partial charge is 0.466 e. The SMILES string of the molecule is CCOC(=O)[C@]12CCCN(C(=O)c3ccnc(F)c3)C[C@H]1CN(Cc1cccc(C)n1)C2. The minimum atomic E-state index is -0.677. The first-order valence-electron chi connectivity index (χ1n) is 11.1. The van der Waals surface area contributed by atoms with Gasteiger partial charge in [0.2, 0.25) is 5.95 Å². The van der Waals surface area contributed by atoms with Crippen molar-refractivity contribution in [1.29, 1.82) is 0 Å². The van der Waals surface area contributed by atoms with Gasteiger partial charge in [0.15, 0.2) is 0 Å². The van der Waals surface area contributed by atoms with Crippen LogP contribution < -0.4 is 0 Å². The summed E-state index contributed by atoms with van der Waals surface area (Å²) in [6, 6.07) is 8.63. The summed E-state index contributed by atoms with van der Waals surface area (Å²) in [6.07, 6.45) is 2.64. The fraction of sp³-hybridized carbons (Fsp3) is 0.500. The molecule has 2 fully saturated rings. The monoisotopic (exact) mass is 440 g/mol. The molecule has 0 unspecified atom stereocenters. The Morgan fingerprint density at radius 2 is 2.12 bits per heavy atom. The van der Waals surface area contributed by atoms with Gasteiger partial charge in [0.1, 0.15) is 0 Å². The van der Waals surface area contributed by atoms with Crippen LogP contribution in [0.3, 0.4) is 0 Å². The molecule has 0 spiro atoms. The zero-order valence-electron chi connectivity index (χ0n) is 18.6. The Labute approximate surface area is 187 Å². The Kier molecular flexibility index (Phi) is 6.50. The van der Waals surface area contributed by atoms with E-state index in [0.717, 1.165) is 17.5 Å². The van der Waals surface area contributed by atoms with Crippen molar-refractivity contribution in [3.05, 3.63) is 59.4 Å². The van der Waals surface area contributed by atoms with Gasteiger partial charge in [-0.15, -0.1) is 0 Å². The number of likely N-dealkylation sites (tertiary alicyclic amines) is 2. The maximum Gasteiger partial charge on any atom is 0.313 e. The number of rotatable bonds is 5. The van der Waals surface area contributed by atoms with E-state index in [9.17, 15) is 14.0 Å². The lowest BCUT2D eigenvalue weighted by Gasteiger charge is -2.31.